The zero-order valence-corrected chi connectivity index (χ0v) is 13.2. The van der Waals surface area contributed by atoms with Gasteiger partial charge in [0.1, 0.15) is 9.84 Å². The number of hydrogen-bond acceptors (Lipinski definition) is 3. The van der Waals surface area contributed by atoms with Gasteiger partial charge in [0.25, 0.3) is 0 Å². The lowest BCUT2D eigenvalue weighted by atomic mass is 9.77. The molecule has 0 aliphatic heterocycles. The van der Waals surface area contributed by atoms with Gasteiger partial charge in [-0.05, 0) is 50.5 Å². The van der Waals surface area contributed by atoms with Gasteiger partial charge in [0, 0.05) is 12.3 Å². The standard InChI is InChI=1S/C15H29NO2S/c1-3-10-16-15-9-5-8-14(15)12-6-4-7-13(11-12)19(2,17)18/h12-16H,3-11H2,1-2H3. The maximum absolute atomic E-state index is 11.8. The molecule has 0 heterocycles. The Morgan fingerprint density at radius 1 is 1.11 bits per heavy atom. The number of sulfone groups is 1. The minimum Gasteiger partial charge on any atom is -0.314 e. The first-order valence-electron chi connectivity index (χ1n) is 7.94. The van der Waals surface area contributed by atoms with E-state index in [1.807, 2.05) is 0 Å². The van der Waals surface area contributed by atoms with Crippen molar-refractivity contribution in [2.45, 2.75) is 69.6 Å². The quantitative estimate of drug-likeness (QED) is 0.845. The summed E-state index contributed by atoms with van der Waals surface area (Å²) < 4.78 is 23.6. The Morgan fingerprint density at radius 3 is 2.53 bits per heavy atom. The van der Waals surface area contributed by atoms with Gasteiger partial charge >= 0.3 is 0 Å². The van der Waals surface area contributed by atoms with Crippen LogP contribution in [-0.4, -0.2) is 32.5 Å². The average Bonchev–Trinajstić information content (AvgIpc) is 2.83. The summed E-state index contributed by atoms with van der Waals surface area (Å²) in [5, 5.41) is 3.61. The van der Waals surface area contributed by atoms with Crippen molar-refractivity contribution >= 4 is 9.84 Å². The lowest BCUT2D eigenvalue weighted by Crippen LogP contribution is -2.39. The third-order valence-corrected chi connectivity index (χ3v) is 6.74. The first-order chi connectivity index (χ1) is 9.02. The first kappa shape index (κ1) is 15.3. The van der Waals surface area contributed by atoms with Crippen LogP contribution >= 0.6 is 0 Å². The van der Waals surface area contributed by atoms with Crippen molar-refractivity contribution in [2.24, 2.45) is 11.8 Å². The molecule has 2 aliphatic carbocycles. The third kappa shape index (κ3) is 3.94. The Morgan fingerprint density at radius 2 is 1.84 bits per heavy atom. The smallest absolute Gasteiger partial charge is 0.150 e. The summed E-state index contributed by atoms with van der Waals surface area (Å²) in [5.41, 5.74) is 0. The molecule has 2 rings (SSSR count). The maximum atomic E-state index is 11.8. The molecule has 0 saturated heterocycles. The van der Waals surface area contributed by atoms with Gasteiger partial charge < -0.3 is 5.32 Å². The Labute approximate surface area is 118 Å². The molecule has 0 amide bonds. The molecule has 4 atom stereocenters. The molecule has 2 saturated carbocycles. The van der Waals surface area contributed by atoms with Gasteiger partial charge in [0.05, 0.1) is 5.25 Å². The van der Waals surface area contributed by atoms with Crippen LogP contribution in [0.25, 0.3) is 0 Å². The molecule has 19 heavy (non-hydrogen) atoms. The van der Waals surface area contributed by atoms with Gasteiger partial charge in [-0.3, -0.25) is 0 Å². The molecule has 0 bridgehead atoms. The van der Waals surface area contributed by atoms with Gasteiger partial charge in [0.2, 0.25) is 0 Å². The van der Waals surface area contributed by atoms with Gasteiger partial charge in [-0.2, -0.15) is 0 Å². The fraction of sp³-hybridized carbons (Fsp3) is 1.00. The predicted octanol–water partition coefficient (Wildman–Crippen LogP) is 2.76. The van der Waals surface area contributed by atoms with Crippen LogP contribution < -0.4 is 5.32 Å². The molecule has 2 fully saturated rings. The largest absolute Gasteiger partial charge is 0.314 e. The Balaban J connectivity index is 1.96. The molecule has 0 radical (unpaired) electrons. The van der Waals surface area contributed by atoms with E-state index in [-0.39, 0.29) is 5.25 Å². The number of nitrogens with one attached hydrogen (secondary N) is 1. The molecular weight excluding hydrogens is 258 g/mol. The molecule has 112 valence electrons. The fourth-order valence-electron chi connectivity index (χ4n) is 4.09. The monoisotopic (exact) mass is 287 g/mol. The van der Waals surface area contributed by atoms with Crippen molar-refractivity contribution in [3.05, 3.63) is 0 Å². The summed E-state index contributed by atoms with van der Waals surface area (Å²) in [6.07, 6.45) is 10.6. The van der Waals surface area contributed by atoms with Crippen LogP contribution in [0.5, 0.6) is 0 Å². The van der Waals surface area contributed by atoms with E-state index in [2.05, 4.69) is 12.2 Å². The van der Waals surface area contributed by atoms with E-state index in [4.69, 9.17) is 0 Å². The first-order valence-corrected chi connectivity index (χ1v) is 9.90. The molecule has 4 heteroatoms. The van der Waals surface area contributed by atoms with Crippen LogP contribution in [0.4, 0.5) is 0 Å². The molecular formula is C15H29NO2S. The lowest BCUT2D eigenvalue weighted by Gasteiger charge is -2.35. The van der Waals surface area contributed by atoms with Crippen molar-refractivity contribution in [1.29, 1.82) is 0 Å². The molecule has 0 aromatic heterocycles. The van der Waals surface area contributed by atoms with Crippen molar-refractivity contribution in [2.75, 3.05) is 12.8 Å². The molecule has 4 unspecified atom stereocenters. The average molecular weight is 287 g/mol. The van der Waals surface area contributed by atoms with E-state index in [0.29, 0.717) is 12.0 Å². The second kappa shape index (κ2) is 6.57. The van der Waals surface area contributed by atoms with Gasteiger partial charge in [0.15, 0.2) is 0 Å². The lowest BCUT2D eigenvalue weighted by molar-refractivity contribution is 0.218. The number of rotatable bonds is 5. The summed E-state index contributed by atoms with van der Waals surface area (Å²) in [5.74, 6) is 1.35. The predicted molar refractivity (Wildman–Crippen MR) is 80.0 cm³/mol. The van der Waals surface area contributed by atoms with Crippen LogP contribution in [0.2, 0.25) is 0 Å². The van der Waals surface area contributed by atoms with E-state index in [1.54, 1.807) is 0 Å². The summed E-state index contributed by atoms with van der Waals surface area (Å²) in [4.78, 5) is 0. The second-order valence-electron chi connectivity index (χ2n) is 6.53. The highest BCUT2D eigenvalue weighted by molar-refractivity contribution is 7.91. The van der Waals surface area contributed by atoms with Crippen LogP contribution in [0.1, 0.15) is 58.3 Å². The molecule has 2 aliphatic rings. The highest BCUT2D eigenvalue weighted by Gasteiger charge is 2.38. The van der Waals surface area contributed by atoms with Gasteiger partial charge in [-0.25, -0.2) is 8.42 Å². The van der Waals surface area contributed by atoms with Gasteiger partial charge in [-0.15, -0.1) is 0 Å². The minimum absolute atomic E-state index is 0.0707. The number of hydrogen-bond donors (Lipinski definition) is 1. The molecule has 3 nitrogen and oxygen atoms in total. The summed E-state index contributed by atoms with van der Waals surface area (Å²) in [6.45, 7) is 3.31. The van der Waals surface area contributed by atoms with Crippen molar-refractivity contribution in [3.63, 3.8) is 0 Å². The van der Waals surface area contributed by atoms with Crippen LogP contribution in [0.15, 0.2) is 0 Å². The Bertz CT molecular complexity index is 380. The summed E-state index contributed by atoms with van der Waals surface area (Å²) >= 11 is 0. The molecule has 0 aromatic carbocycles. The van der Waals surface area contributed by atoms with Crippen molar-refractivity contribution < 1.29 is 8.42 Å². The van der Waals surface area contributed by atoms with Crippen molar-refractivity contribution in [1.82, 2.24) is 5.32 Å². The fourth-order valence-corrected chi connectivity index (χ4v) is 5.29. The van der Waals surface area contributed by atoms with E-state index in [0.717, 1.165) is 31.7 Å². The van der Waals surface area contributed by atoms with E-state index in [1.165, 1.54) is 38.4 Å². The van der Waals surface area contributed by atoms with Crippen molar-refractivity contribution in [3.8, 4) is 0 Å². The normalized spacial score (nSPS) is 36.5. The Kier molecular flexibility index (Phi) is 5.29. The van der Waals surface area contributed by atoms with E-state index < -0.39 is 9.84 Å². The SMILES string of the molecule is CCCNC1CCCC1C1CCCC(S(C)(=O)=O)C1. The van der Waals surface area contributed by atoms with Crippen LogP contribution in [0, 0.1) is 11.8 Å². The Hall–Kier alpha value is -0.0900. The molecule has 0 spiro atoms. The topological polar surface area (TPSA) is 46.2 Å². The summed E-state index contributed by atoms with van der Waals surface area (Å²) in [6, 6.07) is 0.642. The molecule has 1 N–H and O–H groups in total. The minimum atomic E-state index is -2.84. The van der Waals surface area contributed by atoms with E-state index >= 15 is 0 Å². The molecule has 0 aromatic rings. The van der Waals surface area contributed by atoms with Crippen LogP contribution in [-0.2, 0) is 9.84 Å². The van der Waals surface area contributed by atoms with E-state index in [9.17, 15) is 8.42 Å². The highest BCUT2D eigenvalue weighted by Crippen LogP contribution is 2.40. The summed E-state index contributed by atoms with van der Waals surface area (Å²) in [7, 11) is -2.84. The second-order valence-corrected chi connectivity index (χ2v) is 8.86. The maximum Gasteiger partial charge on any atom is 0.150 e. The third-order valence-electron chi connectivity index (χ3n) is 5.10. The van der Waals surface area contributed by atoms with Gasteiger partial charge in [-0.1, -0.05) is 26.2 Å². The van der Waals surface area contributed by atoms with Crippen LogP contribution in [0.3, 0.4) is 0 Å². The zero-order valence-electron chi connectivity index (χ0n) is 12.4. The zero-order chi connectivity index (χ0) is 13.9. The highest BCUT2D eigenvalue weighted by atomic mass is 32.2.